The minimum absolute atomic E-state index is 0.174. The fraction of sp³-hybridized carbons (Fsp3) is 0.526. The molecule has 8 heteroatoms. The van der Waals surface area contributed by atoms with Crippen LogP contribution >= 0.6 is 0 Å². The van der Waals surface area contributed by atoms with E-state index in [9.17, 15) is 23.9 Å². The van der Waals surface area contributed by atoms with Crippen LogP contribution in [0.5, 0.6) is 0 Å². The molecule has 1 fully saturated rings. The number of nitrogens with one attached hydrogen (secondary N) is 2. The van der Waals surface area contributed by atoms with Gasteiger partial charge in [-0.3, -0.25) is 9.59 Å². The second-order valence-corrected chi connectivity index (χ2v) is 6.76. The van der Waals surface area contributed by atoms with Crippen molar-refractivity contribution in [1.29, 1.82) is 0 Å². The highest BCUT2D eigenvalue weighted by Crippen LogP contribution is 2.18. The molecule has 1 heterocycles. The van der Waals surface area contributed by atoms with Crippen LogP contribution in [0.2, 0.25) is 0 Å². The summed E-state index contributed by atoms with van der Waals surface area (Å²) in [6, 6.07) is 4.59. The predicted octanol–water partition coefficient (Wildman–Crippen LogP) is 2.12. The molecular weight excluding hydrogens is 353 g/mol. The van der Waals surface area contributed by atoms with E-state index in [4.69, 9.17) is 0 Å². The van der Waals surface area contributed by atoms with Gasteiger partial charge in [0.2, 0.25) is 5.91 Å². The number of piperidine rings is 1. The summed E-state index contributed by atoms with van der Waals surface area (Å²) in [6.45, 7) is 2.80. The summed E-state index contributed by atoms with van der Waals surface area (Å²) in [7, 11) is 0. The second-order valence-electron chi connectivity index (χ2n) is 6.76. The summed E-state index contributed by atoms with van der Waals surface area (Å²) in [5.41, 5.74) is 0.741. The lowest BCUT2D eigenvalue weighted by Crippen LogP contribution is -2.53. The highest BCUT2D eigenvalue weighted by Gasteiger charge is 2.32. The molecule has 7 nitrogen and oxygen atoms in total. The predicted molar refractivity (Wildman–Crippen MR) is 97.4 cm³/mol. The molecule has 1 aromatic carbocycles. The van der Waals surface area contributed by atoms with Crippen molar-refractivity contribution >= 4 is 17.9 Å². The van der Waals surface area contributed by atoms with Gasteiger partial charge in [-0.05, 0) is 37.0 Å². The first-order valence-electron chi connectivity index (χ1n) is 9.21. The van der Waals surface area contributed by atoms with Crippen LogP contribution in [0.1, 0.15) is 38.2 Å². The van der Waals surface area contributed by atoms with Crippen LogP contribution in [0.3, 0.4) is 0 Å². The molecule has 2 unspecified atom stereocenters. The number of urea groups is 1. The molecule has 0 bridgehead atoms. The van der Waals surface area contributed by atoms with Crippen LogP contribution in [-0.4, -0.2) is 47.0 Å². The summed E-state index contributed by atoms with van der Waals surface area (Å²) in [6.07, 6.45) is 2.36. The third-order valence-electron chi connectivity index (χ3n) is 4.63. The molecule has 0 radical (unpaired) electrons. The molecule has 2 atom stereocenters. The highest BCUT2D eigenvalue weighted by atomic mass is 19.1. The zero-order valence-electron chi connectivity index (χ0n) is 15.4. The van der Waals surface area contributed by atoms with Gasteiger partial charge >= 0.3 is 12.0 Å². The molecule has 1 aromatic rings. The van der Waals surface area contributed by atoms with Crippen LogP contribution < -0.4 is 10.6 Å². The zero-order valence-corrected chi connectivity index (χ0v) is 15.4. The molecule has 0 spiro atoms. The van der Waals surface area contributed by atoms with Crippen LogP contribution in [0.25, 0.3) is 0 Å². The van der Waals surface area contributed by atoms with Crippen LogP contribution in [0.15, 0.2) is 24.3 Å². The number of likely N-dealkylation sites (tertiary alicyclic amines) is 1. The molecule has 0 aliphatic carbocycles. The Morgan fingerprint density at radius 1 is 1.30 bits per heavy atom. The Labute approximate surface area is 157 Å². The Morgan fingerprint density at radius 3 is 2.63 bits per heavy atom. The van der Waals surface area contributed by atoms with E-state index in [0.29, 0.717) is 32.2 Å². The van der Waals surface area contributed by atoms with Crippen molar-refractivity contribution < 1.29 is 23.9 Å². The average Bonchev–Trinajstić information content (AvgIpc) is 2.66. The third kappa shape index (κ3) is 6.23. The van der Waals surface area contributed by atoms with Gasteiger partial charge in [-0.25, -0.2) is 9.18 Å². The largest absolute Gasteiger partial charge is 0.481 e. The van der Waals surface area contributed by atoms with E-state index in [-0.39, 0.29) is 24.8 Å². The van der Waals surface area contributed by atoms with Gasteiger partial charge < -0.3 is 20.6 Å². The monoisotopic (exact) mass is 379 g/mol. The van der Waals surface area contributed by atoms with Crippen LogP contribution in [0, 0.1) is 11.7 Å². The molecule has 1 aliphatic heterocycles. The number of aliphatic carboxylic acids is 1. The molecule has 3 N–H and O–H groups in total. The number of amides is 3. The summed E-state index contributed by atoms with van der Waals surface area (Å²) < 4.78 is 12.9. The zero-order chi connectivity index (χ0) is 19.8. The van der Waals surface area contributed by atoms with Gasteiger partial charge in [-0.1, -0.05) is 25.5 Å². The molecule has 2 rings (SSSR count). The summed E-state index contributed by atoms with van der Waals surface area (Å²) >= 11 is 0. The van der Waals surface area contributed by atoms with Crippen molar-refractivity contribution in [2.75, 3.05) is 13.1 Å². The van der Waals surface area contributed by atoms with E-state index >= 15 is 0 Å². The number of halogens is 1. The lowest BCUT2D eigenvalue weighted by Gasteiger charge is -2.33. The quantitative estimate of drug-likeness (QED) is 0.676. The fourth-order valence-electron chi connectivity index (χ4n) is 3.14. The van der Waals surface area contributed by atoms with Gasteiger partial charge in [0.25, 0.3) is 0 Å². The first kappa shape index (κ1) is 20.7. The average molecular weight is 379 g/mol. The minimum atomic E-state index is -0.899. The van der Waals surface area contributed by atoms with Crippen LogP contribution in [0.4, 0.5) is 9.18 Å². The molecule has 3 amide bonds. The maximum absolute atomic E-state index is 12.9. The van der Waals surface area contributed by atoms with Gasteiger partial charge in [-0.15, -0.1) is 0 Å². The Bertz CT molecular complexity index is 665. The molecule has 1 aliphatic rings. The van der Waals surface area contributed by atoms with Crippen molar-refractivity contribution in [2.24, 2.45) is 5.92 Å². The van der Waals surface area contributed by atoms with Gasteiger partial charge in [-0.2, -0.15) is 0 Å². The Morgan fingerprint density at radius 2 is 2.00 bits per heavy atom. The van der Waals surface area contributed by atoms with E-state index < -0.39 is 24.0 Å². The number of carboxylic acid groups (broad SMARTS) is 1. The molecule has 148 valence electrons. The highest BCUT2D eigenvalue weighted by molar-refractivity contribution is 5.87. The number of carboxylic acids is 1. The maximum Gasteiger partial charge on any atom is 0.315 e. The first-order chi connectivity index (χ1) is 12.9. The fourth-order valence-corrected chi connectivity index (χ4v) is 3.14. The SMILES string of the molecule is CCCC(NC(=O)NCc1ccc(F)cc1)C(=O)N1CCCC(C(=O)O)C1. The Hall–Kier alpha value is -2.64. The third-order valence-corrected chi connectivity index (χ3v) is 4.63. The summed E-state index contributed by atoms with van der Waals surface area (Å²) in [4.78, 5) is 37.6. The lowest BCUT2D eigenvalue weighted by atomic mass is 9.97. The first-order valence-corrected chi connectivity index (χ1v) is 9.21. The summed E-state index contributed by atoms with van der Waals surface area (Å²) in [5.74, 6) is -2.06. The van der Waals surface area contributed by atoms with E-state index in [0.717, 1.165) is 5.56 Å². The standard InChI is InChI=1S/C19H26FN3O4/c1-2-4-16(17(24)23-10-3-5-14(12-23)18(25)26)22-19(27)21-11-13-6-8-15(20)9-7-13/h6-9,14,16H,2-5,10-12H2,1H3,(H,25,26)(H2,21,22,27). The Balaban J connectivity index is 1.90. The number of hydrogen-bond donors (Lipinski definition) is 3. The number of hydrogen-bond acceptors (Lipinski definition) is 3. The molecule has 1 saturated heterocycles. The lowest BCUT2D eigenvalue weighted by molar-refractivity contribution is -0.146. The van der Waals surface area contributed by atoms with Crippen molar-refractivity contribution in [3.05, 3.63) is 35.6 Å². The normalized spacial score (nSPS) is 17.9. The molecule has 0 aromatic heterocycles. The van der Waals surface area contributed by atoms with E-state index in [2.05, 4.69) is 10.6 Å². The van der Waals surface area contributed by atoms with Gasteiger partial charge in [0.15, 0.2) is 0 Å². The van der Waals surface area contributed by atoms with Gasteiger partial charge in [0.05, 0.1) is 5.92 Å². The maximum atomic E-state index is 12.9. The molecule has 0 saturated carbocycles. The van der Waals surface area contributed by atoms with Crippen LogP contribution in [-0.2, 0) is 16.1 Å². The second kappa shape index (κ2) is 9.89. The number of carbonyl (C=O) groups excluding carboxylic acids is 2. The molecular formula is C19H26FN3O4. The number of carbonyl (C=O) groups is 3. The van der Waals surface area contributed by atoms with E-state index in [1.807, 2.05) is 6.92 Å². The molecule has 27 heavy (non-hydrogen) atoms. The van der Waals surface area contributed by atoms with Gasteiger partial charge in [0.1, 0.15) is 11.9 Å². The van der Waals surface area contributed by atoms with Crippen molar-refractivity contribution in [2.45, 2.75) is 45.2 Å². The summed E-state index contributed by atoms with van der Waals surface area (Å²) in [5, 5.41) is 14.5. The van der Waals surface area contributed by atoms with Crippen molar-refractivity contribution in [3.8, 4) is 0 Å². The smallest absolute Gasteiger partial charge is 0.315 e. The van der Waals surface area contributed by atoms with Gasteiger partial charge in [0, 0.05) is 19.6 Å². The number of rotatable bonds is 7. The number of benzene rings is 1. The van der Waals surface area contributed by atoms with Crippen molar-refractivity contribution in [3.63, 3.8) is 0 Å². The Kier molecular flexibility index (Phi) is 7.57. The van der Waals surface area contributed by atoms with Crippen molar-refractivity contribution in [1.82, 2.24) is 15.5 Å². The van der Waals surface area contributed by atoms with E-state index in [1.165, 1.54) is 17.0 Å². The number of nitrogens with zero attached hydrogens (tertiary/aromatic N) is 1. The minimum Gasteiger partial charge on any atom is -0.481 e. The van der Waals surface area contributed by atoms with E-state index in [1.54, 1.807) is 12.1 Å². The topological polar surface area (TPSA) is 98.7 Å².